The summed E-state index contributed by atoms with van der Waals surface area (Å²) in [5, 5.41) is 3.47. The smallest absolute Gasteiger partial charge is 0.159 e. The Morgan fingerprint density at radius 3 is 3.20 bits per heavy atom. The summed E-state index contributed by atoms with van der Waals surface area (Å²) in [6.07, 6.45) is 6.24. The number of nitrogens with one attached hydrogen (secondary N) is 1. The Kier molecular flexibility index (Phi) is 1.95. The van der Waals surface area contributed by atoms with Gasteiger partial charge >= 0.3 is 0 Å². The SMILES string of the molecule is Cn1cnc2cc(C3CCCN3)cnc21. The van der Waals surface area contributed by atoms with Gasteiger partial charge in [-0.2, -0.15) is 0 Å². The first kappa shape index (κ1) is 8.85. The topological polar surface area (TPSA) is 42.7 Å². The Labute approximate surface area is 88.3 Å². The third-order valence-corrected chi connectivity index (χ3v) is 3.04. The van der Waals surface area contributed by atoms with E-state index < -0.39 is 0 Å². The predicted molar refractivity (Wildman–Crippen MR) is 58.5 cm³/mol. The molecule has 1 aliphatic rings. The standard InChI is InChI=1S/C11H14N4/c1-15-7-14-10-5-8(6-13-11(10)15)9-3-2-4-12-9/h5-7,9,12H,2-4H2,1H3. The van der Waals surface area contributed by atoms with Crippen LogP contribution in [0.5, 0.6) is 0 Å². The zero-order chi connectivity index (χ0) is 10.3. The van der Waals surface area contributed by atoms with Crippen LogP contribution >= 0.6 is 0 Å². The maximum atomic E-state index is 4.45. The van der Waals surface area contributed by atoms with Gasteiger partial charge in [0.1, 0.15) is 5.52 Å². The molecule has 2 aromatic heterocycles. The summed E-state index contributed by atoms with van der Waals surface area (Å²) < 4.78 is 1.95. The number of hydrogen-bond donors (Lipinski definition) is 1. The fourth-order valence-electron chi connectivity index (χ4n) is 2.19. The quantitative estimate of drug-likeness (QED) is 0.760. The molecule has 0 bridgehead atoms. The van der Waals surface area contributed by atoms with Gasteiger partial charge in [-0.25, -0.2) is 9.97 Å². The lowest BCUT2D eigenvalue weighted by molar-refractivity contribution is 0.646. The molecule has 78 valence electrons. The van der Waals surface area contributed by atoms with Crippen molar-refractivity contribution in [1.29, 1.82) is 0 Å². The highest BCUT2D eigenvalue weighted by atomic mass is 15.1. The summed E-state index contributed by atoms with van der Waals surface area (Å²) >= 11 is 0. The van der Waals surface area contributed by atoms with Crippen LogP contribution in [-0.4, -0.2) is 21.1 Å². The number of fused-ring (bicyclic) bond motifs is 1. The van der Waals surface area contributed by atoms with Crippen LogP contribution in [0, 0.1) is 0 Å². The van der Waals surface area contributed by atoms with Gasteiger partial charge < -0.3 is 9.88 Å². The number of aromatic nitrogens is 3. The lowest BCUT2D eigenvalue weighted by Crippen LogP contribution is -2.13. The lowest BCUT2D eigenvalue weighted by atomic mass is 10.1. The van der Waals surface area contributed by atoms with E-state index in [1.807, 2.05) is 24.1 Å². The first-order valence-corrected chi connectivity index (χ1v) is 5.35. The highest BCUT2D eigenvalue weighted by Gasteiger charge is 2.17. The molecule has 4 nitrogen and oxygen atoms in total. The Hall–Kier alpha value is -1.42. The van der Waals surface area contributed by atoms with E-state index in [0.29, 0.717) is 6.04 Å². The first-order valence-electron chi connectivity index (χ1n) is 5.35. The van der Waals surface area contributed by atoms with Gasteiger partial charge in [0, 0.05) is 19.3 Å². The van der Waals surface area contributed by atoms with Crippen molar-refractivity contribution < 1.29 is 0 Å². The molecule has 3 rings (SSSR count). The van der Waals surface area contributed by atoms with Crippen molar-refractivity contribution in [1.82, 2.24) is 19.9 Å². The number of nitrogens with zero attached hydrogens (tertiary/aromatic N) is 3. The number of rotatable bonds is 1. The molecule has 0 aliphatic carbocycles. The van der Waals surface area contributed by atoms with Crippen LogP contribution in [0.4, 0.5) is 0 Å². The molecule has 2 aromatic rings. The van der Waals surface area contributed by atoms with E-state index in [-0.39, 0.29) is 0 Å². The van der Waals surface area contributed by atoms with E-state index in [4.69, 9.17) is 0 Å². The van der Waals surface area contributed by atoms with E-state index in [0.717, 1.165) is 17.7 Å². The van der Waals surface area contributed by atoms with E-state index >= 15 is 0 Å². The molecule has 3 heterocycles. The second kappa shape index (κ2) is 3.31. The average molecular weight is 202 g/mol. The Morgan fingerprint density at radius 2 is 2.40 bits per heavy atom. The van der Waals surface area contributed by atoms with Crippen molar-refractivity contribution in [3.05, 3.63) is 24.2 Å². The van der Waals surface area contributed by atoms with Crippen LogP contribution < -0.4 is 5.32 Å². The van der Waals surface area contributed by atoms with Gasteiger partial charge in [-0.1, -0.05) is 0 Å². The molecule has 0 radical (unpaired) electrons. The van der Waals surface area contributed by atoms with Gasteiger partial charge in [0.15, 0.2) is 5.65 Å². The largest absolute Gasteiger partial charge is 0.318 e. The molecule has 1 N–H and O–H groups in total. The van der Waals surface area contributed by atoms with Crippen molar-refractivity contribution in [3.8, 4) is 0 Å². The van der Waals surface area contributed by atoms with Gasteiger partial charge in [-0.05, 0) is 31.0 Å². The minimum atomic E-state index is 0.476. The summed E-state index contributed by atoms with van der Waals surface area (Å²) in [5.74, 6) is 0. The maximum Gasteiger partial charge on any atom is 0.159 e. The zero-order valence-electron chi connectivity index (χ0n) is 8.77. The highest BCUT2D eigenvalue weighted by Crippen LogP contribution is 2.24. The third-order valence-electron chi connectivity index (χ3n) is 3.04. The Bertz CT molecular complexity index is 482. The van der Waals surface area contributed by atoms with E-state index in [1.165, 1.54) is 18.4 Å². The van der Waals surface area contributed by atoms with Gasteiger partial charge in [-0.15, -0.1) is 0 Å². The lowest BCUT2D eigenvalue weighted by Gasteiger charge is -2.09. The average Bonchev–Trinajstić information content (AvgIpc) is 2.88. The summed E-state index contributed by atoms with van der Waals surface area (Å²) in [6.45, 7) is 1.12. The fraction of sp³-hybridized carbons (Fsp3) is 0.455. The number of pyridine rings is 1. The van der Waals surface area contributed by atoms with Gasteiger partial charge in [0.25, 0.3) is 0 Å². The van der Waals surface area contributed by atoms with Crippen LogP contribution in [-0.2, 0) is 7.05 Å². The predicted octanol–water partition coefficient (Wildman–Crippen LogP) is 1.39. The Balaban J connectivity index is 2.05. The molecule has 1 aliphatic heterocycles. The van der Waals surface area contributed by atoms with Gasteiger partial charge in [0.05, 0.1) is 6.33 Å². The molecule has 4 heteroatoms. The van der Waals surface area contributed by atoms with Crippen LogP contribution in [0.3, 0.4) is 0 Å². The third kappa shape index (κ3) is 1.41. The van der Waals surface area contributed by atoms with E-state index in [1.54, 1.807) is 0 Å². The Morgan fingerprint density at radius 1 is 1.47 bits per heavy atom. The van der Waals surface area contributed by atoms with Crippen molar-refractivity contribution >= 4 is 11.2 Å². The molecule has 0 aromatic carbocycles. The number of hydrogen-bond acceptors (Lipinski definition) is 3. The maximum absolute atomic E-state index is 4.45. The highest BCUT2D eigenvalue weighted by molar-refractivity contribution is 5.71. The number of aryl methyl sites for hydroxylation is 1. The second-order valence-corrected chi connectivity index (χ2v) is 4.12. The molecule has 1 saturated heterocycles. The monoisotopic (exact) mass is 202 g/mol. The fourth-order valence-corrected chi connectivity index (χ4v) is 2.19. The summed E-state index contributed by atoms with van der Waals surface area (Å²) in [7, 11) is 1.97. The molecular weight excluding hydrogens is 188 g/mol. The molecule has 15 heavy (non-hydrogen) atoms. The first-order chi connectivity index (χ1) is 7.34. The van der Waals surface area contributed by atoms with Gasteiger partial charge in [-0.3, -0.25) is 0 Å². The molecule has 1 fully saturated rings. The normalized spacial score (nSPS) is 21.3. The van der Waals surface area contributed by atoms with Crippen molar-refractivity contribution in [3.63, 3.8) is 0 Å². The van der Waals surface area contributed by atoms with Crippen LogP contribution in [0.2, 0.25) is 0 Å². The van der Waals surface area contributed by atoms with Crippen LogP contribution in [0.25, 0.3) is 11.2 Å². The van der Waals surface area contributed by atoms with Crippen molar-refractivity contribution in [2.45, 2.75) is 18.9 Å². The van der Waals surface area contributed by atoms with E-state index in [2.05, 4.69) is 21.4 Å². The minimum absolute atomic E-state index is 0.476. The summed E-state index contributed by atoms with van der Waals surface area (Å²) in [6, 6.07) is 2.62. The molecule has 0 amide bonds. The second-order valence-electron chi connectivity index (χ2n) is 4.12. The van der Waals surface area contributed by atoms with Crippen molar-refractivity contribution in [2.75, 3.05) is 6.54 Å². The molecule has 1 unspecified atom stereocenters. The minimum Gasteiger partial charge on any atom is -0.318 e. The van der Waals surface area contributed by atoms with Gasteiger partial charge in [0.2, 0.25) is 0 Å². The number of imidazole rings is 1. The summed E-state index contributed by atoms with van der Waals surface area (Å²) in [4.78, 5) is 8.77. The van der Waals surface area contributed by atoms with Crippen molar-refractivity contribution in [2.24, 2.45) is 7.05 Å². The molecule has 0 saturated carbocycles. The summed E-state index contributed by atoms with van der Waals surface area (Å²) in [5.41, 5.74) is 3.21. The molecular formula is C11H14N4. The zero-order valence-corrected chi connectivity index (χ0v) is 8.77. The molecule has 1 atom stereocenters. The molecule has 0 spiro atoms. The van der Waals surface area contributed by atoms with E-state index in [9.17, 15) is 0 Å². The van der Waals surface area contributed by atoms with Crippen LogP contribution in [0.15, 0.2) is 18.6 Å². The van der Waals surface area contributed by atoms with Crippen LogP contribution in [0.1, 0.15) is 24.4 Å².